The van der Waals surface area contributed by atoms with Crippen LogP contribution in [-0.4, -0.2) is 24.3 Å². The lowest BCUT2D eigenvalue weighted by molar-refractivity contribution is -0.167. The van der Waals surface area contributed by atoms with Gasteiger partial charge in [0.15, 0.2) is 0 Å². The number of carbonyl (C=O) groups is 2. The first-order valence-corrected chi connectivity index (χ1v) is 6.87. The Morgan fingerprint density at radius 2 is 1.36 bits per heavy atom. The van der Waals surface area contributed by atoms with Gasteiger partial charge < -0.3 is 9.57 Å². The van der Waals surface area contributed by atoms with E-state index < -0.39 is 11.9 Å². The average Bonchev–Trinajstić information content (AvgIpc) is 2.87. The molecule has 0 heterocycles. The molecule has 1 aliphatic rings. The molecule has 0 atom stereocenters. The molecule has 0 saturated carbocycles. The van der Waals surface area contributed by atoms with E-state index in [2.05, 4.69) is 9.89 Å². The van der Waals surface area contributed by atoms with Gasteiger partial charge in [-0.2, -0.15) is 0 Å². The zero-order chi connectivity index (χ0) is 15.5. The molecule has 1 aliphatic carbocycles. The molecule has 22 heavy (non-hydrogen) atoms. The Balaban J connectivity index is 1.95. The summed E-state index contributed by atoms with van der Waals surface area (Å²) in [4.78, 5) is 27.5. The third-order valence-electron chi connectivity index (χ3n) is 3.32. The topological polar surface area (TPSA) is 65.0 Å². The number of hydrogen-bond acceptors (Lipinski definition) is 5. The summed E-state index contributed by atoms with van der Waals surface area (Å²) in [5.41, 5.74) is 4.29. The van der Waals surface area contributed by atoms with Crippen LogP contribution in [0.5, 0.6) is 0 Å². The van der Waals surface area contributed by atoms with Crippen molar-refractivity contribution in [1.29, 1.82) is 0 Å². The summed E-state index contributed by atoms with van der Waals surface area (Å²) in [6.45, 7) is 1.72. The average molecular weight is 295 g/mol. The van der Waals surface area contributed by atoms with E-state index in [-0.39, 0.29) is 6.61 Å². The SMILES string of the molecule is CCOC(=O)C(=O)ON=C1c2ccccc2-c2ccccc21. The number of fused-ring (bicyclic) bond motifs is 3. The van der Waals surface area contributed by atoms with Crippen molar-refractivity contribution in [3.05, 3.63) is 59.7 Å². The summed E-state index contributed by atoms with van der Waals surface area (Å²) in [6.07, 6.45) is 0. The number of carbonyl (C=O) groups excluding carboxylic acids is 2. The highest BCUT2D eigenvalue weighted by atomic mass is 16.7. The standard InChI is InChI=1S/C17H13NO4/c1-2-21-16(19)17(20)22-18-15-13-9-5-3-7-11(13)12-8-4-6-10-14(12)15/h3-10H,2H2,1H3. The molecule has 0 amide bonds. The minimum Gasteiger partial charge on any atom is -0.458 e. The largest absolute Gasteiger partial charge is 0.458 e. The van der Waals surface area contributed by atoms with Crippen molar-refractivity contribution < 1.29 is 19.2 Å². The van der Waals surface area contributed by atoms with Crippen molar-refractivity contribution in [1.82, 2.24) is 0 Å². The minimum absolute atomic E-state index is 0.107. The van der Waals surface area contributed by atoms with Crippen LogP contribution in [0, 0.1) is 0 Å². The zero-order valence-electron chi connectivity index (χ0n) is 11.9. The molecule has 0 radical (unpaired) electrons. The van der Waals surface area contributed by atoms with Gasteiger partial charge in [-0.05, 0) is 18.1 Å². The molecule has 0 spiro atoms. The number of esters is 1. The Bertz CT molecular complexity index is 732. The number of nitrogens with zero attached hydrogens (tertiary/aromatic N) is 1. The highest BCUT2D eigenvalue weighted by molar-refractivity contribution is 6.30. The molecule has 0 bridgehead atoms. The molecule has 0 fully saturated rings. The summed E-state index contributed by atoms with van der Waals surface area (Å²) in [5.74, 6) is -2.18. The molecule has 0 unspecified atom stereocenters. The first kappa shape index (κ1) is 14.0. The van der Waals surface area contributed by atoms with Crippen molar-refractivity contribution in [2.75, 3.05) is 6.61 Å². The fraction of sp³-hybridized carbons (Fsp3) is 0.118. The van der Waals surface area contributed by atoms with Crippen LogP contribution in [0.3, 0.4) is 0 Å². The number of oxime groups is 1. The van der Waals surface area contributed by atoms with E-state index in [1.165, 1.54) is 0 Å². The van der Waals surface area contributed by atoms with Gasteiger partial charge in [0.05, 0.1) is 6.61 Å². The van der Waals surface area contributed by atoms with Gasteiger partial charge in [0.1, 0.15) is 5.71 Å². The van der Waals surface area contributed by atoms with E-state index in [0.717, 1.165) is 22.3 Å². The van der Waals surface area contributed by atoms with Gasteiger partial charge in [0.25, 0.3) is 0 Å². The van der Waals surface area contributed by atoms with Gasteiger partial charge in [-0.3, -0.25) is 0 Å². The Kier molecular flexibility index (Phi) is 3.70. The fourth-order valence-corrected chi connectivity index (χ4v) is 2.41. The Morgan fingerprint density at radius 3 is 1.86 bits per heavy atom. The second kappa shape index (κ2) is 5.81. The van der Waals surface area contributed by atoms with Gasteiger partial charge in [-0.1, -0.05) is 53.7 Å². The highest BCUT2D eigenvalue weighted by Crippen LogP contribution is 2.36. The molecule has 0 aromatic heterocycles. The van der Waals surface area contributed by atoms with Crippen LogP contribution in [0.4, 0.5) is 0 Å². The van der Waals surface area contributed by atoms with E-state index in [1.54, 1.807) is 6.92 Å². The highest BCUT2D eigenvalue weighted by Gasteiger charge is 2.26. The summed E-state index contributed by atoms with van der Waals surface area (Å²) < 4.78 is 4.58. The maximum absolute atomic E-state index is 11.5. The molecule has 2 aromatic carbocycles. The third kappa shape index (κ3) is 2.37. The van der Waals surface area contributed by atoms with E-state index in [1.807, 2.05) is 48.5 Å². The molecule has 0 N–H and O–H groups in total. The van der Waals surface area contributed by atoms with Gasteiger partial charge in [0, 0.05) is 11.1 Å². The maximum atomic E-state index is 11.5. The van der Waals surface area contributed by atoms with Crippen LogP contribution in [0.2, 0.25) is 0 Å². The van der Waals surface area contributed by atoms with Crippen molar-refractivity contribution in [2.24, 2.45) is 5.16 Å². The molecular formula is C17H13NO4. The predicted octanol–water partition coefficient (Wildman–Crippen LogP) is 2.53. The van der Waals surface area contributed by atoms with Crippen LogP contribution in [0.25, 0.3) is 11.1 Å². The Morgan fingerprint density at radius 1 is 0.864 bits per heavy atom. The van der Waals surface area contributed by atoms with Gasteiger partial charge in [-0.25, -0.2) is 9.59 Å². The van der Waals surface area contributed by atoms with Gasteiger partial charge in [-0.15, -0.1) is 0 Å². The van der Waals surface area contributed by atoms with Gasteiger partial charge >= 0.3 is 11.9 Å². The normalized spacial score (nSPS) is 11.4. The molecular weight excluding hydrogens is 282 g/mol. The monoisotopic (exact) mass is 295 g/mol. The second-order valence-electron chi connectivity index (χ2n) is 4.63. The lowest BCUT2D eigenvalue weighted by Crippen LogP contribution is -2.19. The van der Waals surface area contributed by atoms with Gasteiger partial charge in [0.2, 0.25) is 0 Å². The summed E-state index contributed by atoms with van der Waals surface area (Å²) in [5, 5.41) is 3.88. The maximum Gasteiger partial charge on any atom is 0.443 e. The Labute approximate surface area is 127 Å². The summed E-state index contributed by atoms with van der Waals surface area (Å²) in [7, 11) is 0. The van der Waals surface area contributed by atoms with E-state index in [0.29, 0.717) is 5.71 Å². The lowest BCUT2D eigenvalue weighted by Gasteiger charge is -2.01. The molecule has 5 heteroatoms. The van der Waals surface area contributed by atoms with Crippen LogP contribution in [0.15, 0.2) is 53.7 Å². The fourth-order valence-electron chi connectivity index (χ4n) is 2.41. The van der Waals surface area contributed by atoms with E-state index >= 15 is 0 Å². The molecule has 5 nitrogen and oxygen atoms in total. The molecule has 3 rings (SSSR count). The van der Waals surface area contributed by atoms with Crippen LogP contribution < -0.4 is 0 Å². The number of hydrogen-bond donors (Lipinski definition) is 0. The van der Waals surface area contributed by atoms with Crippen molar-refractivity contribution in [3.8, 4) is 11.1 Å². The first-order valence-electron chi connectivity index (χ1n) is 6.87. The smallest absolute Gasteiger partial charge is 0.443 e. The summed E-state index contributed by atoms with van der Waals surface area (Å²) >= 11 is 0. The second-order valence-corrected chi connectivity index (χ2v) is 4.63. The quantitative estimate of drug-likeness (QED) is 0.315. The van der Waals surface area contributed by atoms with Crippen LogP contribution in [-0.2, 0) is 19.2 Å². The minimum atomic E-state index is -1.13. The Hall–Kier alpha value is -2.95. The zero-order valence-corrected chi connectivity index (χ0v) is 11.9. The summed E-state index contributed by atoms with van der Waals surface area (Å²) in [6, 6.07) is 15.4. The van der Waals surface area contributed by atoms with Crippen LogP contribution in [0.1, 0.15) is 18.1 Å². The molecule has 2 aromatic rings. The molecule has 0 saturated heterocycles. The number of ether oxygens (including phenoxy) is 1. The van der Waals surface area contributed by atoms with Crippen molar-refractivity contribution in [3.63, 3.8) is 0 Å². The molecule has 0 aliphatic heterocycles. The first-order chi connectivity index (χ1) is 10.7. The number of benzene rings is 2. The van der Waals surface area contributed by atoms with E-state index in [4.69, 9.17) is 4.84 Å². The van der Waals surface area contributed by atoms with Crippen molar-refractivity contribution >= 4 is 17.7 Å². The predicted molar refractivity (Wildman–Crippen MR) is 80.2 cm³/mol. The molecule has 110 valence electrons. The van der Waals surface area contributed by atoms with Crippen LogP contribution >= 0.6 is 0 Å². The van der Waals surface area contributed by atoms with Crippen molar-refractivity contribution in [2.45, 2.75) is 6.92 Å². The van der Waals surface area contributed by atoms with E-state index in [9.17, 15) is 9.59 Å². The third-order valence-corrected chi connectivity index (χ3v) is 3.32. The number of rotatable bonds is 2. The lowest BCUT2D eigenvalue weighted by atomic mass is 10.1.